The lowest BCUT2D eigenvalue weighted by molar-refractivity contribution is -0.116. The normalized spacial score (nSPS) is 10.6. The third-order valence-electron chi connectivity index (χ3n) is 3.48. The van der Waals surface area contributed by atoms with E-state index in [0.29, 0.717) is 6.42 Å². The molecule has 0 radical (unpaired) electrons. The molecule has 0 aliphatic rings. The Kier molecular flexibility index (Phi) is 4.10. The minimum absolute atomic E-state index is 0.00439. The van der Waals surface area contributed by atoms with E-state index < -0.39 is 0 Å². The van der Waals surface area contributed by atoms with Gasteiger partial charge in [-0.1, -0.05) is 29.8 Å². The van der Waals surface area contributed by atoms with Crippen LogP contribution in [0.4, 0.5) is 5.69 Å². The first-order valence-corrected chi connectivity index (χ1v) is 7.27. The van der Waals surface area contributed by atoms with Gasteiger partial charge in [0.1, 0.15) is 0 Å². The SMILES string of the molecule is Cc1cccc(CCC(=O)Nc2ccc3nccnc3c2)c1. The lowest BCUT2D eigenvalue weighted by atomic mass is 10.1. The fourth-order valence-corrected chi connectivity index (χ4v) is 2.39. The van der Waals surface area contributed by atoms with E-state index in [1.54, 1.807) is 12.4 Å². The summed E-state index contributed by atoms with van der Waals surface area (Å²) in [6, 6.07) is 13.8. The number of aryl methyl sites for hydroxylation is 2. The van der Waals surface area contributed by atoms with Gasteiger partial charge in [-0.25, -0.2) is 0 Å². The molecule has 0 spiro atoms. The summed E-state index contributed by atoms with van der Waals surface area (Å²) in [6.45, 7) is 2.06. The van der Waals surface area contributed by atoms with Crippen molar-refractivity contribution in [3.63, 3.8) is 0 Å². The van der Waals surface area contributed by atoms with E-state index in [1.165, 1.54) is 11.1 Å². The maximum atomic E-state index is 12.1. The van der Waals surface area contributed by atoms with Crippen LogP contribution in [0.15, 0.2) is 54.9 Å². The molecule has 1 heterocycles. The standard InChI is InChI=1S/C18H17N3O/c1-13-3-2-4-14(11-13)5-8-18(22)21-15-6-7-16-17(12-15)20-10-9-19-16/h2-4,6-7,9-12H,5,8H2,1H3,(H,21,22). The molecule has 1 amide bonds. The van der Waals surface area contributed by atoms with Crippen molar-refractivity contribution >= 4 is 22.6 Å². The summed E-state index contributed by atoms with van der Waals surface area (Å²) in [4.78, 5) is 20.5. The van der Waals surface area contributed by atoms with Gasteiger partial charge in [0.05, 0.1) is 11.0 Å². The van der Waals surface area contributed by atoms with Crippen LogP contribution in [-0.2, 0) is 11.2 Å². The molecule has 4 nitrogen and oxygen atoms in total. The molecular formula is C18H17N3O. The van der Waals surface area contributed by atoms with E-state index in [-0.39, 0.29) is 5.91 Å². The molecule has 1 aromatic heterocycles. The highest BCUT2D eigenvalue weighted by molar-refractivity contribution is 5.93. The summed E-state index contributed by atoms with van der Waals surface area (Å²) in [5.74, 6) is 0.00439. The molecule has 22 heavy (non-hydrogen) atoms. The van der Waals surface area contributed by atoms with Crippen molar-refractivity contribution in [2.75, 3.05) is 5.32 Å². The molecule has 110 valence electrons. The Labute approximate surface area is 129 Å². The van der Waals surface area contributed by atoms with E-state index in [2.05, 4.69) is 34.3 Å². The predicted octanol–water partition coefficient (Wildman–Crippen LogP) is 3.51. The van der Waals surface area contributed by atoms with Crippen molar-refractivity contribution in [3.8, 4) is 0 Å². The van der Waals surface area contributed by atoms with Crippen LogP contribution in [0.3, 0.4) is 0 Å². The van der Waals surface area contributed by atoms with Crippen LogP contribution in [0.25, 0.3) is 11.0 Å². The van der Waals surface area contributed by atoms with Crippen LogP contribution in [0.5, 0.6) is 0 Å². The number of anilines is 1. The van der Waals surface area contributed by atoms with Crippen molar-refractivity contribution in [3.05, 3.63) is 66.0 Å². The van der Waals surface area contributed by atoms with E-state index in [4.69, 9.17) is 0 Å². The van der Waals surface area contributed by atoms with Gasteiger partial charge in [-0.3, -0.25) is 14.8 Å². The summed E-state index contributed by atoms with van der Waals surface area (Å²) < 4.78 is 0. The summed E-state index contributed by atoms with van der Waals surface area (Å²) in [5, 5.41) is 2.91. The zero-order chi connectivity index (χ0) is 15.4. The minimum atomic E-state index is 0.00439. The Morgan fingerprint density at radius 3 is 2.68 bits per heavy atom. The van der Waals surface area contributed by atoms with Crippen LogP contribution in [0, 0.1) is 6.92 Å². The van der Waals surface area contributed by atoms with Crippen molar-refractivity contribution in [1.82, 2.24) is 9.97 Å². The molecule has 0 aliphatic heterocycles. The number of nitrogens with zero attached hydrogens (tertiary/aromatic N) is 2. The zero-order valence-corrected chi connectivity index (χ0v) is 12.4. The Hall–Kier alpha value is -2.75. The molecule has 0 atom stereocenters. The largest absolute Gasteiger partial charge is 0.326 e. The minimum Gasteiger partial charge on any atom is -0.326 e. The van der Waals surface area contributed by atoms with E-state index in [9.17, 15) is 4.79 Å². The maximum Gasteiger partial charge on any atom is 0.224 e. The van der Waals surface area contributed by atoms with Crippen LogP contribution >= 0.6 is 0 Å². The Bertz CT molecular complexity index is 814. The molecule has 4 heteroatoms. The van der Waals surface area contributed by atoms with Gasteiger partial charge < -0.3 is 5.32 Å². The highest BCUT2D eigenvalue weighted by Crippen LogP contribution is 2.15. The topological polar surface area (TPSA) is 54.9 Å². The van der Waals surface area contributed by atoms with Crippen LogP contribution in [-0.4, -0.2) is 15.9 Å². The number of aromatic nitrogens is 2. The Balaban J connectivity index is 1.63. The second-order valence-corrected chi connectivity index (χ2v) is 5.30. The number of fused-ring (bicyclic) bond motifs is 1. The highest BCUT2D eigenvalue weighted by Gasteiger charge is 2.05. The number of carbonyl (C=O) groups excluding carboxylic acids is 1. The molecule has 2 aromatic carbocycles. The first-order chi connectivity index (χ1) is 10.7. The number of benzene rings is 2. The van der Waals surface area contributed by atoms with Crippen molar-refractivity contribution < 1.29 is 4.79 Å². The van der Waals surface area contributed by atoms with Gasteiger partial charge in [-0.15, -0.1) is 0 Å². The smallest absolute Gasteiger partial charge is 0.224 e. The zero-order valence-electron chi connectivity index (χ0n) is 12.4. The van der Waals surface area contributed by atoms with Crippen LogP contribution < -0.4 is 5.32 Å². The third-order valence-corrected chi connectivity index (χ3v) is 3.48. The predicted molar refractivity (Wildman–Crippen MR) is 87.7 cm³/mol. The molecule has 0 fully saturated rings. The number of amides is 1. The third kappa shape index (κ3) is 3.47. The molecule has 0 saturated carbocycles. The van der Waals surface area contributed by atoms with Crippen molar-refractivity contribution in [2.45, 2.75) is 19.8 Å². The van der Waals surface area contributed by atoms with E-state index in [0.717, 1.165) is 23.1 Å². The van der Waals surface area contributed by atoms with E-state index in [1.807, 2.05) is 30.3 Å². The van der Waals surface area contributed by atoms with Gasteiger partial charge in [-0.05, 0) is 37.1 Å². The fraction of sp³-hybridized carbons (Fsp3) is 0.167. The first-order valence-electron chi connectivity index (χ1n) is 7.27. The van der Waals surface area contributed by atoms with Gasteiger partial charge in [0, 0.05) is 24.5 Å². The number of nitrogens with one attached hydrogen (secondary N) is 1. The summed E-state index contributed by atoms with van der Waals surface area (Å²) in [5.41, 5.74) is 4.74. The second-order valence-electron chi connectivity index (χ2n) is 5.30. The first kappa shape index (κ1) is 14.2. The van der Waals surface area contributed by atoms with Gasteiger partial charge in [0.2, 0.25) is 5.91 Å². The molecule has 0 bridgehead atoms. The van der Waals surface area contributed by atoms with E-state index >= 15 is 0 Å². The van der Waals surface area contributed by atoms with Gasteiger partial charge in [0.15, 0.2) is 0 Å². The van der Waals surface area contributed by atoms with Gasteiger partial charge in [-0.2, -0.15) is 0 Å². The summed E-state index contributed by atoms with van der Waals surface area (Å²) >= 11 is 0. The lowest BCUT2D eigenvalue weighted by Crippen LogP contribution is -2.12. The molecule has 1 N–H and O–H groups in total. The summed E-state index contributed by atoms with van der Waals surface area (Å²) in [7, 11) is 0. The molecule has 0 aliphatic carbocycles. The molecule has 3 rings (SSSR count). The number of rotatable bonds is 4. The van der Waals surface area contributed by atoms with Crippen molar-refractivity contribution in [1.29, 1.82) is 0 Å². The monoisotopic (exact) mass is 291 g/mol. The van der Waals surface area contributed by atoms with Gasteiger partial charge in [0.25, 0.3) is 0 Å². The molecule has 0 unspecified atom stereocenters. The lowest BCUT2D eigenvalue weighted by Gasteiger charge is -2.06. The molecule has 0 saturated heterocycles. The summed E-state index contributed by atoms with van der Waals surface area (Å²) in [6.07, 6.45) is 4.50. The molecular weight excluding hydrogens is 274 g/mol. The fourth-order valence-electron chi connectivity index (χ4n) is 2.39. The quantitative estimate of drug-likeness (QED) is 0.800. The maximum absolute atomic E-state index is 12.1. The number of hydrogen-bond acceptors (Lipinski definition) is 3. The molecule has 3 aromatic rings. The Morgan fingerprint density at radius 1 is 1.05 bits per heavy atom. The average Bonchev–Trinajstić information content (AvgIpc) is 2.53. The number of hydrogen-bond donors (Lipinski definition) is 1. The van der Waals surface area contributed by atoms with Crippen LogP contribution in [0.1, 0.15) is 17.5 Å². The van der Waals surface area contributed by atoms with Crippen molar-refractivity contribution in [2.24, 2.45) is 0 Å². The average molecular weight is 291 g/mol. The number of carbonyl (C=O) groups is 1. The van der Waals surface area contributed by atoms with Crippen LogP contribution in [0.2, 0.25) is 0 Å². The second kappa shape index (κ2) is 6.35. The highest BCUT2D eigenvalue weighted by atomic mass is 16.1. The Morgan fingerprint density at radius 2 is 1.86 bits per heavy atom. The van der Waals surface area contributed by atoms with Gasteiger partial charge >= 0.3 is 0 Å².